The first-order valence-electron chi connectivity index (χ1n) is 3.60. The Bertz CT molecular complexity index is 262. The minimum atomic E-state index is 0.116. The molecule has 1 aromatic rings. The third-order valence-electron chi connectivity index (χ3n) is 2.10. The van der Waals surface area contributed by atoms with Crippen molar-refractivity contribution in [3.8, 4) is 0 Å². The van der Waals surface area contributed by atoms with Crippen LogP contribution in [0.1, 0.15) is 12.7 Å². The van der Waals surface area contributed by atoms with Gasteiger partial charge in [0, 0.05) is 13.1 Å². The molecule has 2 heterocycles. The van der Waals surface area contributed by atoms with Crippen molar-refractivity contribution in [3.63, 3.8) is 0 Å². The van der Waals surface area contributed by atoms with Gasteiger partial charge in [-0.3, -0.25) is 5.10 Å². The van der Waals surface area contributed by atoms with Crippen molar-refractivity contribution in [1.82, 2.24) is 20.5 Å². The maximum absolute atomic E-state index is 5.38. The Kier molecular flexibility index (Phi) is 1.17. The summed E-state index contributed by atoms with van der Waals surface area (Å²) in [5.41, 5.74) is 5.50. The number of aromatic amines is 1. The minimum absolute atomic E-state index is 0.116. The average molecular weight is 153 g/mol. The molecule has 0 unspecified atom stereocenters. The van der Waals surface area contributed by atoms with Crippen LogP contribution in [0.15, 0.2) is 0 Å². The maximum Gasteiger partial charge on any atom is 0.239 e. The number of nitrogens with two attached hydrogens (primary N) is 1. The molecule has 1 fully saturated rings. The monoisotopic (exact) mass is 153 g/mol. The van der Waals surface area contributed by atoms with Crippen LogP contribution >= 0.6 is 0 Å². The molecule has 0 spiro atoms. The van der Waals surface area contributed by atoms with Gasteiger partial charge in [0.05, 0.1) is 5.41 Å². The highest BCUT2D eigenvalue weighted by Crippen LogP contribution is 2.24. The molecule has 0 amide bonds. The molecule has 5 heteroatoms. The van der Waals surface area contributed by atoms with Crippen LogP contribution in [0.2, 0.25) is 0 Å². The molecule has 1 saturated heterocycles. The quantitative estimate of drug-likeness (QED) is 0.496. The molecule has 2 rings (SSSR count). The highest BCUT2D eigenvalue weighted by molar-refractivity contribution is 5.20. The summed E-state index contributed by atoms with van der Waals surface area (Å²) in [5.74, 6) is 1.21. The molecular formula is C6H11N5. The Labute approximate surface area is 64.4 Å². The molecule has 1 aliphatic heterocycles. The SMILES string of the molecule is CC1(c2nc(N)n[nH]2)CNC1. The van der Waals surface area contributed by atoms with Gasteiger partial charge in [-0.25, -0.2) is 0 Å². The lowest BCUT2D eigenvalue weighted by molar-refractivity contribution is 0.290. The zero-order valence-electron chi connectivity index (χ0n) is 6.39. The van der Waals surface area contributed by atoms with Gasteiger partial charge in [0.2, 0.25) is 5.95 Å². The lowest BCUT2D eigenvalue weighted by Gasteiger charge is -2.36. The molecule has 0 aromatic carbocycles. The highest BCUT2D eigenvalue weighted by Gasteiger charge is 2.36. The summed E-state index contributed by atoms with van der Waals surface area (Å²) in [6.45, 7) is 4.02. The van der Waals surface area contributed by atoms with E-state index >= 15 is 0 Å². The van der Waals surface area contributed by atoms with E-state index in [2.05, 4.69) is 27.4 Å². The topological polar surface area (TPSA) is 79.6 Å². The molecule has 0 bridgehead atoms. The second-order valence-electron chi connectivity index (χ2n) is 3.21. The Morgan fingerprint density at radius 3 is 2.64 bits per heavy atom. The molecule has 5 nitrogen and oxygen atoms in total. The molecular weight excluding hydrogens is 142 g/mol. The van der Waals surface area contributed by atoms with Gasteiger partial charge in [0.25, 0.3) is 0 Å². The molecule has 1 aliphatic rings. The molecule has 0 radical (unpaired) electrons. The van der Waals surface area contributed by atoms with E-state index in [4.69, 9.17) is 5.73 Å². The van der Waals surface area contributed by atoms with Crippen LogP contribution in [-0.2, 0) is 5.41 Å². The van der Waals surface area contributed by atoms with Crippen LogP contribution in [0.25, 0.3) is 0 Å². The number of rotatable bonds is 1. The predicted octanol–water partition coefficient (Wildman–Crippen LogP) is -0.752. The van der Waals surface area contributed by atoms with E-state index in [1.807, 2.05) is 0 Å². The third-order valence-corrected chi connectivity index (χ3v) is 2.10. The van der Waals surface area contributed by atoms with E-state index in [9.17, 15) is 0 Å². The fraction of sp³-hybridized carbons (Fsp3) is 0.667. The van der Waals surface area contributed by atoms with Crippen LogP contribution in [0.3, 0.4) is 0 Å². The van der Waals surface area contributed by atoms with E-state index in [0.717, 1.165) is 18.9 Å². The largest absolute Gasteiger partial charge is 0.367 e. The van der Waals surface area contributed by atoms with Crippen LogP contribution in [0.5, 0.6) is 0 Å². The summed E-state index contributed by atoms with van der Waals surface area (Å²) < 4.78 is 0. The average Bonchev–Trinajstić information content (AvgIpc) is 2.31. The number of hydrogen-bond donors (Lipinski definition) is 3. The summed E-state index contributed by atoms with van der Waals surface area (Å²) in [6.07, 6.45) is 0. The maximum atomic E-state index is 5.38. The van der Waals surface area contributed by atoms with Gasteiger partial charge in [-0.15, -0.1) is 5.10 Å². The van der Waals surface area contributed by atoms with Crippen LogP contribution < -0.4 is 11.1 Å². The first-order chi connectivity index (χ1) is 5.21. The first kappa shape index (κ1) is 6.60. The van der Waals surface area contributed by atoms with Gasteiger partial charge in [-0.05, 0) is 6.92 Å². The molecule has 4 N–H and O–H groups in total. The number of nitrogen functional groups attached to an aromatic ring is 1. The summed E-state index contributed by atoms with van der Waals surface area (Å²) in [6, 6.07) is 0. The van der Waals surface area contributed by atoms with Crippen molar-refractivity contribution >= 4 is 5.95 Å². The highest BCUT2D eigenvalue weighted by atomic mass is 15.3. The Morgan fingerprint density at radius 1 is 1.55 bits per heavy atom. The predicted molar refractivity (Wildman–Crippen MR) is 41.0 cm³/mol. The van der Waals surface area contributed by atoms with Crippen molar-refractivity contribution in [1.29, 1.82) is 0 Å². The summed E-state index contributed by atoms with van der Waals surface area (Å²) in [7, 11) is 0. The van der Waals surface area contributed by atoms with Crippen molar-refractivity contribution in [2.75, 3.05) is 18.8 Å². The number of nitrogens with zero attached hydrogens (tertiary/aromatic N) is 2. The standard InChI is InChI=1S/C6H11N5/c1-6(2-8-3-6)4-9-5(7)11-10-4/h8H,2-3H2,1H3,(H3,7,9,10,11). The summed E-state index contributed by atoms with van der Waals surface area (Å²) in [5, 5.41) is 9.78. The number of anilines is 1. The fourth-order valence-electron chi connectivity index (χ4n) is 1.21. The van der Waals surface area contributed by atoms with Crippen molar-refractivity contribution in [2.45, 2.75) is 12.3 Å². The van der Waals surface area contributed by atoms with Gasteiger partial charge in [-0.1, -0.05) is 0 Å². The van der Waals surface area contributed by atoms with Gasteiger partial charge in [-0.2, -0.15) is 4.98 Å². The first-order valence-corrected chi connectivity index (χ1v) is 3.60. The zero-order chi connectivity index (χ0) is 7.90. The molecule has 60 valence electrons. The van der Waals surface area contributed by atoms with Gasteiger partial charge in [0.1, 0.15) is 5.82 Å². The van der Waals surface area contributed by atoms with Gasteiger partial charge < -0.3 is 11.1 Å². The van der Waals surface area contributed by atoms with Crippen LogP contribution in [0.4, 0.5) is 5.95 Å². The van der Waals surface area contributed by atoms with Crippen LogP contribution in [0, 0.1) is 0 Å². The Morgan fingerprint density at radius 2 is 2.27 bits per heavy atom. The lowest BCUT2D eigenvalue weighted by atomic mass is 9.83. The van der Waals surface area contributed by atoms with E-state index < -0.39 is 0 Å². The summed E-state index contributed by atoms with van der Waals surface area (Å²) >= 11 is 0. The normalized spacial score (nSPS) is 21.2. The van der Waals surface area contributed by atoms with Gasteiger partial charge >= 0.3 is 0 Å². The number of aromatic nitrogens is 3. The zero-order valence-corrected chi connectivity index (χ0v) is 6.39. The van der Waals surface area contributed by atoms with E-state index in [1.165, 1.54) is 0 Å². The Balaban J connectivity index is 2.28. The van der Waals surface area contributed by atoms with Crippen LogP contribution in [-0.4, -0.2) is 28.3 Å². The molecule has 0 atom stereocenters. The number of H-pyrrole nitrogens is 1. The molecule has 11 heavy (non-hydrogen) atoms. The summed E-state index contributed by atoms with van der Waals surface area (Å²) in [4.78, 5) is 4.08. The second-order valence-corrected chi connectivity index (χ2v) is 3.21. The number of hydrogen-bond acceptors (Lipinski definition) is 4. The minimum Gasteiger partial charge on any atom is -0.367 e. The van der Waals surface area contributed by atoms with Gasteiger partial charge in [0.15, 0.2) is 0 Å². The van der Waals surface area contributed by atoms with Crippen molar-refractivity contribution in [2.24, 2.45) is 0 Å². The van der Waals surface area contributed by atoms with E-state index in [1.54, 1.807) is 0 Å². The molecule has 0 saturated carbocycles. The van der Waals surface area contributed by atoms with E-state index in [-0.39, 0.29) is 5.41 Å². The lowest BCUT2D eigenvalue weighted by Crippen LogP contribution is -2.55. The van der Waals surface area contributed by atoms with Crippen molar-refractivity contribution < 1.29 is 0 Å². The molecule has 1 aromatic heterocycles. The fourth-order valence-corrected chi connectivity index (χ4v) is 1.21. The Hall–Kier alpha value is -1.10. The second kappa shape index (κ2) is 1.94. The molecule has 0 aliphatic carbocycles. The third kappa shape index (κ3) is 0.883. The smallest absolute Gasteiger partial charge is 0.239 e. The number of nitrogens with one attached hydrogen (secondary N) is 2. The van der Waals surface area contributed by atoms with E-state index in [0.29, 0.717) is 5.95 Å². The van der Waals surface area contributed by atoms with Crippen molar-refractivity contribution in [3.05, 3.63) is 5.82 Å².